The zero-order valence-electron chi connectivity index (χ0n) is 10.8. The molecule has 0 spiro atoms. The number of aromatic nitrogens is 2. The zero-order chi connectivity index (χ0) is 13.3. The molecular formula is C14H16N4O. The lowest BCUT2D eigenvalue weighted by atomic mass is 10.1. The van der Waals surface area contributed by atoms with Crippen LogP contribution in [0.4, 0.5) is 5.69 Å². The molecule has 5 nitrogen and oxygen atoms in total. The maximum Gasteiger partial charge on any atom is 0.116 e. The predicted octanol–water partition coefficient (Wildman–Crippen LogP) is 2.04. The van der Waals surface area contributed by atoms with Crippen LogP contribution < -0.4 is 5.32 Å². The Kier molecular flexibility index (Phi) is 5.01. The molecule has 2 rings (SSSR count). The minimum atomic E-state index is 0.665. The molecule has 0 saturated carbocycles. The summed E-state index contributed by atoms with van der Waals surface area (Å²) in [4.78, 5) is 12.4. The van der Waals surface area contributed by atoms with Gasteiger partial charge in [-0.05, 0) is 18.2 Å². The van der Waals surface area contributed by atoms with Gasteiger partial charge in [-0.25, -0.2) is 15.0 Å². The van der Waals surface area contributed by atoms with Gasteiger partial charge in [0, 0.05) is 25.4 Å². The van der Waals surface area contributed by atoms with Gasteiger partial charge in [0.05, 0.1) is 24.3 Å². The maximum absolute atomic E-state index is 4.92. The molecular weight excluding hydrogens is 240 g/mol. The van der Waals surface area contributed by atoms with Crippen LogP contribution >= 0.6 is 0 Å². The highest BCUT2D eigenvalue weighted by Crippen LogP contribution is 2.19. The molecule has 98 valence electrons. The van der Waals surface area contributed by atoms with E-state index in [0.29, 0.717) is 6.61 Å². The van der Waals surface area contributed by atoms with Gasteiger partial charge in [0.2, 0.25) is 0 Å². The van der Waals surface area contributed by atoms with Crippen molar-refractivity contribution >= 4 is 12.0 Å². The molecule has 0 atom stereocenters. The van der Waals surface area contributed by atoms with Gasteiger partial charge in [0.25, 0.3) is 0 Å². The monoisotopic (exact) mass is 256 g/mol. The second-order valence-electron chi connectivity index (χ2n) is 3.85. The van der Waals surface area contributed by atoms with Crippen LogP contribution in [0.5, 0.6) is 0 Å². The summed E-state index contributed by atoms with van der Waals surface area (Å²) < 4.78 is 4.92. The fourth-order valence-electron chi connectivity index (χ4n) is 1.53. The van der Waals surface area contributed by atoms with E-state index in [2.05, 4.69) is 20.3 Å². The largest absolute Gasteiger partial charge is 0.383 e. The van der Waals surface area contributed by atoms with Crippen molar-refractivity contribution in [2.24, 2.45) is 4.99 Å². The maximum atomic E-state index is 4.92. The Bertz CT molecular complexity index is 511. The molecule has 2 aromatic rings. The van der Waals surface area contributed by atoms with E-state index in [4.69, 9.17) is 4.74 Å². The van der Waals surface area contributed by atoms with E-state index in [9.17, 15) is 0 Å². The van der Waals surface area contributed by atoms with Crippen LogP contribution in [0.2, 0.25) is 0 Å². The van der Waals surface area contributed by atoms with E-state index in [0.717, 1.165) is 23.5 Å². The predicted molar refractivity (Wildman–Crippen MR) is 75.5 cm³/mol. The summed E-state index contributed by atoms with van der Waals surface area (Å²) >= 11 is 0. The number of hydrogen-bond acceptors (Lipinski definition) is 4. The van der Waals surface area contributed by atoms with Crippen LogP contribution in [0.15, 0.2) is 47.8 Å². The lowest BCUT2D eigenvalue weighted by Gasteiger charge is -2.01. The van der Waals surface area contributed by atoms with Crippen molar-refractivity contribution in [3.8, 4) is 11.3 Å². The molecule has 0 radical (unpaired) electrons. The van der Waals surface area contributed by atoms with E-state index in [1.807, 2.05) is 30.3 Å². The summed E-state index contributed by atoms with van der Waals surface area (Å²) in [6, 6.07) is 9.76. The molecule has 0 aliphatic rings. The lowest BCUT2D eigenvalue weighted by molar-refractivity contribution is 0.204. The Morgan fingerprint density at radius 3 is 2.79 bits per heavy atom. The van der Waals surface area contributed by atoms with Crippen LogP contribution in [0, 0.1) is 0 Å². The van der Waals surface area contributed by atoms with Gasteiger partial charge in [-0.3, -0.25) is 0 Å². The van der Waals surface area contributed by atoms with Crippen LogP contribution in [-0.4, -0.2) is 36.6 Å². The number of rotatable bonds is 6. The third-order valence-electron chi connectivity index (χ3n) is 2.50. The topological polar surface area (TPSA) is 59.4 Å². The van der Waals surface area contributed by atoms with Gasteiger partial charge in [0.1, 0.15) is 6.33 Å². The zero-order valence-corrected chi connectivity index (χ0v) is 10.8. The van der Waals surface area contributed by atoms with Gasteiger partial charge >= 0.3 is 0 Å². The first-order valence-corrected chi connectivity index (χ1v) is 6.01. The molecule has 0 aliphatic heterocycles. The van der Waals surface area contributed by atoms with Gasteiger partial charge in [0.15, 0.2) is 0 Å². The Morgan fingerprint density at radius 2 is 2.11 bits per heavy atom. The Labute approximate surface area is 112 Å². The van der Waals surface area contributed by atoms with Crippen molar-refractivity contribution in [2.75, 3.05) is 20.3 Å². The average molecular weight is 256 g/mol. The number of aliphatic imine (C=N–C) groups is 1. The lowest BCUT2D eigenvalue weighted by Crippen LogP contribution is -2.16. The molecule has 1 N–H and O–H groups in total. The molecule has 0 amide bonds. The third-order valence-corrected chi connectivity index (χ3v) is 2.50. The first-order valence-electron chi connectivity index (χ1n) is 6.01. The Balaban J connectivity index is 1.95. The molecule has 0 aliphatic carbocycles. The molecule has 0 unspecified atom stereocenters. The average Bonchev–Trinajstić information content (AvgIpc) is 2.49. The first-order chi connectivity index (χ1) is 9.40. The van der Waals surface area contributed by atoms with Crippen molar-refractivity contribution in [1.29, 1.82) is 0 Å². The minimum absolute atomic E-state index is 0.665. The van der Waals surface area contributed by atoms with Gasteiger partial charge in [-0.2, -0.15) is 0 Å². The highest BCUT2D eigenvalue weighted by Gasteiger charge is 1.97. The molecule has 1 heterocycles. The van der Waals surface area contributed by atoms with Crippen molar-refractivity contribution in [3.05, 3.63) is 42.9 Å². The first kappa shape index (κ1) is 13.2. The molecule has 19 heavy (non-hydrogen) atoms. The number of methoxy groups -OCH3 is 1. The minimum Gasteiger partial charge on any atom is -0.383 e. The molecule has 1 aromatic carbocycles. The van der Waals surface area contributed by atoms with Crippen molar-refractivity contribution in [2.45, 2.75) is 0 Å². The quantitative estimate of drug-likeness (QED) is 0.488. The Hall–Kier alpha value is -2.27. The Morgan fingerprint density at radius 1 is 1.26 bits per heavy atom. The highest BCUT2D eigenvalue weighted by atomic mass is 16.5. The van der Waals surface area contributed by atoms with Gasteiger partial charge in [-0.15, -0.1) is 0 Å². The van der Waals surface area contributed by atoms with E-state index in [-0.39, 0.29) is 0 Å². The summed E-state index contributed by atoms with van der Waals surface area (Å²) in [5.74, 6) is 0. The van der Waals surface area contributed by atoms with E-state index < -0.39 is 0 Å². The number of nitrogens with zero attached hydrogens (tertiary/aromatic N) is 3. The highest BCUT2D eigenvalue weighted by molar-refractivity contribution is 5.65. The van der Waals surface area contributed by atoms with Crippen molar-refractivity contribution in [1.82, 2.24) is 15.3 Å². The van der Waals surface area contributed by atoms with Crippen LogP contribution in [-0.2, 0) is 4.74 Å². The standard InChI is InChI=1S/C14H16N4O/c1-19-9-8-16-10-17-13-4-2-12(3-5-13)14-6-7-15-11-18-14/h2-7,10-11H,8-9H2,1H3,(H,16,17). The van der Waals surface area contributed by atoms with Crippen molar-refractivity contribution < 1.29 is 4.74 Å². The summed E-state index contributed by atoms with van der Waals surface area (Å²) in [5, 5.41) is 3.04. The van der Waals surface area contributed by atoms with Crippen LogP contribution in [0.1, 0.15) is 0 Å². The summed E-state index contributed by atoms with van der Waals surface area (Å²) in [7, 11) is 1.67. The van der Waals surface area contributed by atoms with Crippen LogP contribution in [0.3, 0.4) is 0 Å². The summed E-state index contributed by atoms with van der Waals surface area (Å²) in [5.41, 5.74) is 2.85. The smallest absolute Gasteiger partial charge is 0.116 e. The van der Waals surface area contributed by atoms with Crippen molar-refractivity contribution in [3.63, 3.8) is 0 Å². The van der Waals surface area contributed by atoms with E-state index in [1.54, 1.807) is 26.0 Å². The molecule has 0 bridgehead atoms. The fraction of sp³-hybridized carbons (Fsp3) is 0.214. The fourth-order valence-corrected chi connectivity index (χ4v) is 1.53. The number of benzene rings is 1. The second kappa shape index (κ2) is 7.23. The van der Waals surface area contributed by atoms with Gasteiger partial charge in [-0.1, -0.05) is 12.1 Å². The SMILES string of the molecule is COCCNC=Nc1ccc(-c2ccncn2)cc1. The number of hydrogen-bond donors (Lipinski definition) is 1. The van der Waals surface area contributed by atoms with Gasteiger partial charge < -0.3 is 10.1 Å². The molecule has 0 fully saturated rings. The third kappa shape index (κ3) is 4.15. The summed E-state index contributed by atoms with van der Waals surface area (Å²) in [6.45, 7) is 1.41. The summed E-state index contributed by atoms with van der Waals surface area (Å²) in [6.07, 6.45) is 4.95. The normalized spacial score (nSPS) is 10.8. The van der Waals surface area contributed by atoms with Crippen LogP contribution in [0.25, 0.3) is 11.3 Å². The number of ether oxygens (including phenoxy) is 1. The van der Waals surface area contributed by atoms with E-state index in [1.165, 1.54) is 0 Å². The van der Waals surface area contributed by atoms with E-state index >= 15 is 0 Å². The second-order valence-corrected chi connectivity index (χ2v) is 3.85. The molecule has 1 aromatic heterocycles. The molecule has 5 heteroatoms. The number of nitrogens with one attached hydrogen (secondary N) is 1. The molecule has 0 saturated heterocycles.